The van der Waals surface area contributed by atoms with E-state index in [0.717, 1.165) is 45.6 Å². The van der Waals surface area contributed by atoms with Gasteiger partial charge in [0, 0.05) is 5.69 Å². The maximum absolute atomic E-state index is 12.6. The number of carbonyl (C=O) groups excluding carboxylic acids is 2. The maximum atomic E-state index is 12.6. The third-order valence-corrected chi connectivity index (χ3v) is 5.81. The first-order chi connectivity index (χ1) is 15.8. The molecule has 4 rings (SSSR count). The molecule has 2 N–H and O–H groups in total. The standard InChI is InChI=1S/C24H18F3N3O2S/c25-24(26,27)17-7-9-18(10-8-17)29-22(32)14-28-21(31)13-23-30-19-11-6-16(12-20(19)33-23)15-4-2-1-3-5-15/h1-12H,13-14H2,(H,28,31)(H,29,32). The number of nitrogens with zero attached hydrogens (tertiary/aromatic N) is 1. The Morgan fingerprint density at radius 2 is 1.61 bits per heavy atom. The summed E-state index contributed by atoms with van der Waals surface area (Å²) in [5.74, 6) is -0.917. The van der Waals surface area contributed by atoms with Gasteiger partial charge in [0.15, 0.2) is 0 Å². The van der Waals surface area contributed by atoms with Crippen LogP contribution < -0.4 is 10.6 Å². The van der Waals surface area contributed by atoms with Crippen molar-refractivity contribution in [1.29, 1.82) is 0 Å². The summed E-state index contributed by atoms with van der Waals surface area (Å²) in [7, 11) is 0. The summed E-state index contributed by atoms with van der Waals surface area (Å²) in [5, 5.41) is 5.57. The summed E-state index contributed by atoms with van der Waals surface area (Å²) in [6.45, 7) is -0.303. The molecule has 0 radical (unpaired) electrons. The van der Waals surface area contributed by atoms with E-state index in [-0.39, 0.29) is 24.6 Å². The molecule has 2 amide bonds. The molecular formula is C24H18F3N3O2S. The second kappa shape index (κ2) is 9.41. The number of carbonyl (C=O) groups is 2. The summed E-state index contributed by atoms with van der Waals surface area (Å²) in [6, 6.07) is 19.9. The van der Waals surface area contributed by atoms with Gasteiger partial charge in [0.05, 0.1) is 28.7 Å². The van der Waals surface area contributed by atoms with Crippen molar-refractivity contribution in [3.05, 3.63) is 83.4 Å². The van der Waals surface area contributed by atoms with Gasteiger partial charge < -0.3 is 10.6 Å². The fraction of sp³-hybridized carbons (Fsp3) is 0.125. The molecular weight excluding hydrogens is 451 g/mol. The highest BCUT2D eigenvalue weighted by atomic mass is 32.1. The van der Waals surface area contributed by atoms with Gasteiger partial charge in [-0.1, -0.05) is 36.4 Å². The first-order valence-electron chi connectivity index (χ1n) is 9.96. The lowest BCUT2D eigenvalue weighted by molar-refractivity contribution is -0.137. The van der Waals surface area contributed by atoms with E-state index in [1.165, 1.54) is 11.3 Å². The van der Waals surface area contributed by atoms with Gasteiger partial charge in [-0.3, -0.25) is 9.59 Å². The number of hydrogen-bond donors (Lipinski definition) is 2. The monoisotopic (exact) mass is 469 g/mol. The van der Waals surface area contributed by atoms with Crippen molar-refractivity contribution in [3.63, 3.8) is 0 Å². The van der Waals surface area contributed by atoms with E-state index in [1.807, 2.05) is 48.5 Å². The summed E-state index contributed by atoms with van der Waals surface area (Å²) >= 11 is 1.41. The lowest BCUT2D eigenvalue weighted by Gasteiger charge is -2.09. The summed E-state index contributed by atoms with van der Waals surface area (Å²) in [5.41, 5.74) is 2.35. The van der Waals surface area contributed by atoms with Crippen LogP contribution in [-0.4, -0.2) is 23.3 Å². The van der Waals surface area contributed by atoms with Gasteiger partial charge in [0.1, 0.15) is 5.01 Å². The maximum Gasteiger partial charge on any atom is 0.416 e. The summed E-state index contributed by atoms with van der Waals surface area (Å²) < 4.78 is 38.7. The largest absolute Gasteiger partial charge is 0.416 e. The second-order valence-electron chi connectivity index (χ2n) is 7.23. The SMILES string of the molecule is O=C(Cc1nc2ccc(-c3ccccc3)cc2s1)NCC(=O)Nc1ccc(C(F)(F)F)cc1. The molecule has 0 aliphatic carbocycles. The minimum Gasteiger partial charge on any atom is -0.347 e. The van der Waals surface area contributed by atoms with Gasteiger partial charge >= 0.3 is 6.18 Å². The molecule has 0 saturated heterocycles. The number of amides is 2. The predicted octanol–water partition coefficient (Wildman–Crippen LogP) is 5.28. The van der Waals surface area contributed by atoms with Crippen molar-refractivity contribution in [1.82, 2.24) is 10.3 Å². The average Bonchev–Trinajstić information content (AvgIpc) is 3.19. The highest BCUT2D eigenvalue weighted by molar-refractivity contribution is 7.18. The van der Waals surface area contributed by atoms with Crippen LogP contribution in [0.4, 0.5) is 18.9 Å². The molecule has 9 heteroatoms. The Bertz CT molecular complexity index is 1290. The van der Waals surface area contributed by atoms with E-state index >= 15 is 0 Å². The topological polar surface area (TPSA) is 71.1 Å². The molecule has 33 heavy (non-hydrogen) atoms. The van der Waals surface area contributed by atoms with Gasteiger partial charge in [-0.25, -0.2) is 4.98 Å². The quantitative estimate of drug-likeness (QED) is 0.404. The Balaban J connectivity index is 1.31. The number of anilines is 1. The molecule has 168 valence electrons. The Morgan fingerprint density at radius 3 is 2.30 bits per heavy atom. The van der Waals surface area contributed by atoms with Crippen LogP contribution in [0, 0.1) is 0 Å². The van der Waals surface area contributed by atoms with E-state index in [9.17, 15) is 22.8 Å². The fourth-order valence-electron chi connectivity index (χ4n) is 3.18. The molecule has 0 aliphatic heterocycles. The van der Waals surface area contributed by atoms with E-state index < -0.39 is 17.6 Å². The van der Waals surface area contributed by atoms with Crippen LogP contribution in [0.2, 0.25) is 0 Å². The first-order valence-corrected chi connectivity index (χ1v) is 10.8. The van der Waals surface area contributed by atoms with Crippen LogP contribution in [0.5, 0.6) is 0 Å². The van der Waals surface area contributed by atoms with Crippen LogP contribution in [0.15, 0.2) is 72.8 Å². The molecule has 5 nitrogen and oxygen atoms in total. The number of thiazole rings is 1. The third kappa shape index (κ3) is 5.75. The van der Waals surface area contributed by atoms with Crippen LogP contribution >= 0.6 is 11.3 Å². The molecule has 0 bridgehead atoms. The number of benzene rings is 3. The molecule has 4 aromatic rings. The number of rotatable bonds is 6. The van der Waals surface area contributed by atoms with Gasteiger partial charge in [-0.05, 0) is 47.5 Å². The van der Waals surface area contributed by atoms with Crippen molar-refractivity contribution >= 4 is 39.1 Å². The van der Waals surface area contributed by atoms with Gasteiger partial charge in [0.25, 0.3) is 0 Å². The van der Waals surface area contributed by atoms with Gasteiger partial charge in [-0.2, -0.15) is 13.2 Å². The van der Waals surface area contributed by atoms with E-state index in [2.05, 4.69) is 15.6 Å². The molecule has 0 unspecified atom stereocenters. The van der Waals surface area contributed by atoms with Crippen LogP contribution in [0.3, 0.4) is 0 Å². The molecule has 0 saturated carbocycles. The molecule has 0 aliphatic rings. The Hall–Kier alpha value is -3.72. The molecule has 3 aromatic carbocycles. The van der Waals surface area contributed by atoms with E-state index in [0.29, 0.717) is 5.01 Å². The van der Waals surface area contributed by atoms with Crippen molar-refractivity contribution in [2.75, 3.05) is 11.9 Å². The number of fused-ring (bicyclic) bond motifs is 1. The van der Waals surface area contributed by atoms with E-state index in [1.54, 1.807) is 0 Å². The number of hydrogen-bond acceptors (Lipinski definition) is 4. The third-order valence-electron chi connectivity index (χ3n) is 4.79. The number of aromatic nitrogens is 1. The van der Waals surface area contributed by atoms with Gasteiger partial charge in [-0.15, -0.1) is 11.3 Å². The number of alkyl halides is 3. The first kappa shape index (κ1) is 22.5. The Morgan fingerprint density at radius 1 is 0.879 bits per heavy atom. The lowest BCUT2D eigenvalue weighted by atomic mass is 10.1. The van der Waals surface area contributed by atoms with Crippen LogP contribution in [0.25, 0.3) is 21.3 Å². The minimum atomic E-state index is -4.44. The summed E-state index contributed by atoms with van der Waals surface area (Å²) in [4.78, 5) is 28.7. The zero-order valence-electron chi connectivity index (χ0n) is 17.1. The number of nitrogens with one attached hydrogen (secondary N) is 2. The predicted molar refractivity (Wildman–Crippen MR) is 122 cm³/mol. The van der Waals surface area contributed by atoms with Crippen LogP contribution in [-0.2, 0) is 22.2 Å². The Labute approximate surface area is 191 Å². The van der Waals surface area contributed by atoms with Crippen molar-refractivity contribution in [2.24, 2.45) is 0 Å². The molecule has 0 atom stereocenters. The average molecular weight is 469 g/mol. The van der Waals surface area contributed by atoms with Crippen molar-refractivity contribution in [2.45, 2.75) is 12.6 Å². The fourth-order valence-corrected chi connectivity index (χ4v) is 4.19. The van der Waals surface area contributed by atoms with E-state index in [4.69, 9.17) is 0 Å². The van der Waals surface area contributed by atoms with Crippen LogP contribution in [0.1, 0.15) is 10.6 Å². The zero-order chi connectivity index (χ0) is 23.4. The molecule has 1 heterocycles. The normalized spacial score (nSPS) is 11.4. The number of halogens is 3. The van der Waals surface area contributed by atoms with Gasteiger partial charge in [0.2, 0.25) is 11.8 Å². The molecule has 1 aromatic heterocycles. The molecule has 0 fully saturated rings. The summed E-state index contributed by atoms with van der Waals surface area (Å²) in [6.07, 6.45) is -4.42. The highest BCUT2D eigenvalue weighted by Gasteiger charge is 2.30. The Kier molecular flexibility index (Phi) is 6.41. The zero-order valence-corrected chi connectivity index (χ0v) is 18.0. The second-order valence-corrected chi connectivity index (χ2v) is 8.35. The van der Waals surface area contributed by atoms with Crippen molar-refractivity contribution in [3.8, 4) is 11.1 Å². The highest BCUT2D eigenvalue weighted by Crippen LogP contribution is 2.30. The lowest BCUT2D eigenvalue weighted by Crippen LogP contribution is -2.33. The smallest absolute Gasteiger partial charge is 0.347 e. The molecule has 0 spiro atoms. The van der Waals surface area contributed by atoms with Crippen molar-refractivity contribution < 1.29 is 22.8 Å². The minimum absolute atomic E-state index is 0.0214.